The van der Waals surface area contributed by atoms with E-state index in [9.17, 15) is 16.8 Å². The maximum Gasteiger partial charge on any atom is 0.240 e. The fourth-order valence-electron chi connectivity index (χ4n) is 1.48. The molecule has 0 amide bonds. The Morgan fingerprint density at radius 1 is 1.21 bits per heavy atom. The van der Waals surface area contributed by atoms with Gasteiger partial charge in [0.05, 0.1) is 11.4 Å². The number of benzene rings is 1. The lowest BCUT2D eigenvalue weighted by Crippen LogP contribution is -2.16. The molecule has 5 N–H and O–H groups in total. The zero-order chi connectivity index (χ0) is 14.7. The van der Waals surface area contributed by atoms with Crippen LogP contribution in [0, 0.1) is 0 Å². The molecule has 7 nitrogen and oxygen atoms in total. The molecule has 1 aromatic rings. The molecule has 0 aliphatic heterocycles. The molecule has 0 unspecified atom stereocenters. The summed E-state index contributed by atoms with van der Waals surface area (Å²) in [6, 6.07) is 4.29. The van der Waals surface area contributed by atoms with Gasteiger partial charge in [-0.25, -0.2) is 22.0 Å². The molecule has 0 spiro atoms. The number of nitrogen functional groups attached to an aromatic ring is 1. The summed E-state index contributed by atoms with van der Waals surface area (Å²) >= 11 is 0. The maximum atomic E-state index is 11.4. The molecular weight excluding hydrogens is 290 g/mol. The van der Waals surface area contributed by atoms with Crippen LogP contribution in [0.1, 0.15) is 6.42 Å². The summed E-state index contributed by atoms with van der Waals surface area (Å²) in [6.45, 7) is 0.319. The Labute approximate surface area is 113 Å². The van der Waals surface area contributed by atoms with Crippen LogP contribution < -0.4 is 16.2 Å². The van der Waals surface area contributed by atoms with Crippen molar-refractivity contribution in [1.82, 2.24) is 0 Å². The van der Waals surface area contributed by atoms with Gasteiger partial charge in [0.2, 0.25) is 10.0 Å². The number of nitrogens with one attached hydrogen (secondary N) is 1. The summed E-state index contributed by atoms with van der Waals surface area (Å²) in [5, 5.41) is 7.92. The van der Waals surface area contributed by atoms with Crippen molar-refractivity contribution in [2.24, 2.45) is 5.14 Å². The van der Waals surface area contributed by atoms with E-state index in [0.717, 1.165) is 6.26 Å². The maximum absolute atomic E-state index is 11.4. The number of anilines is 2. The van der Waals surface area contributed by atoms with E-state index in [1.54, 1.807) is 0 Å². The first-order valence-corrected chi connectivity index (χ1v) is 9.04. The van der Waals surface area contributed by atoms with Crippen molar-refractivity contribution in [3.8, 4) is 0 Å². The van der Waals surface area contributed by atoms with Crippen molar-refractivity contribution < 1.29 is 16.8 Å². The number of sulfonamides is 1. The van der Waals surface area contributed by atoms with Crippen LogP contribution in [0.2, 0.25) is 0 Å². The van der Waals surface area contributed by atoms with E-state index in [4.69, 9.17) is 10.9 Å². The molecule has 0 fully saturated rings. The van der Waals surface area contributed by atoms with E-state index in [-0.39, 0.29) is 16.3 Å². The second-order valence-corrected chi connectivity index (χ2v) is 8.00. The molecular formula is C10H17N3O4S2. The van der Waals surface area contributed by atoms with Crippen LogP contribution in [0.15, 0.2) is 23.1 Å². The Morgan fingerprint density at radius 2 is 1.84 bits per heavy atom. The minimum Gasteiger partial charge on any atom is -0.399 e. The minimum atomic E-state index is -3.88. The van der Waals surface area contributed by atoms with Crippen LogP contribution in [0.4, 0.5) is 11.4 Å². The number of hydrogen-bond acceptors (Lipinski definition) is 6. The molecule has 0 saturated carbocycles. The summed E-state index contributed by atoms with van der Waals surface area (Å²) in [7, 11) is -6.91. The normalized spacial score (nSPS) is 12.3. The molecule has 0 bridgehead atoms. The molecule has 0 aromatic heterocycles. The SMILES string of the molecule is CS(=O)(=O)CCCNc1ccc(N)cc1S(N)(=O)=O. The van der Waals surface area contributed by atoms with Gasteiger partial charge < -0.3 is 11.1 Å². The predicted molar refractivity (Wildman–Crippen MR) is 75.0 cm³/mol. The fraction of sp³-hybridized carbons (Fsp3) is 0.400. The minimum absolute atomic E-state index is 0.0275. The van der Waals surface area contributed by atoms with E-state index < -0.39 is 19.9 Å². The van der Waals surface area contributed by atoms with E-state index in [0.29, 0.717) is 18.7 Å². The second kappa shape index (κ2) is 5.76. The summed E-state index contributed by atoms with van der Waals surface area (Å²) in [5.41, 5.74) is 6.10. The number of nitrogens with two attached hydrogens (primary N) is 2. The monoisotopic (exact) mass is 307 g/mol. The lowest BCUT2D eigenvalue weighted by Gasteiger charge is -2.11. The largest absolute Gasteiger partial charge is 0.399 e. The smallest absolute Gasteiger partial charge is 0.240 e. The Bertz CT molecular complexity index is 653. The van der Waals surface area contributed by atoms with Crippen molar-refractivity contribution >= 4 is 31.2 Å². The number of sulfone groups is 1. The number of primary sulfonamides is 1. The summed E-state index contributed by atoms with van der Waals surface area (Å²) in [4.78, 5) is -0.105. The number of hydrogen-bond donors (Lipinski definition) is 3. The van der Waals surface area contributed by atoms with Gasteiger partial charge in [-0.1, -0.05) is 0 Å². The first-order chi connectivity index (χ1) is 8.59. The van der Waals surface area contributed by atoms with Crippen molar-refractivity contribution in [2.45, 2.75) is 11.3 Å². The number of rotatable bonds is 6. The van der Waals surface area contributed by atoms with Crippen molar-refractivity contribution in [1.29, 1.82) is 0 Å². The highest BCUT2D eigenvalue weighted by molar-refractivity contribution is 7.90. The van der Waals surface area contributed by atoms with Gasteiger partial charge in [0.15, 0.2) is 0 Å². The van der Waals surface area contributed by atoms with Crippen LogP contribution in [-0.2, 0) is 19.9 Å². The lowest BCUT2D eigenvalue weighted by molar-refractivity contribution is 0.596. The topological polar surface area (TPSA) is 132 Å². The first-order valence-electron chi connectivity index (χ1n) is 5.43. The van der Waals surface area contributed by atoms with Crippen LogP contribution in [0.3, 0.4) is 0 Å². The summed E-state index contributed by atoms with van der Waals surface area (Å²) < 4.78 is 44.7. The molecule has 1 rings (SSSR count). The molecule has 19 heavy (non-hydrogen) atoms. The van der Waals surface area contributed by atoms with Crippen LogP contribution in [-0.4, -0.2) is 35.4 Å². The highest BCUT2D eigenvalue weighted by Crippen LogP contribution is 2.22. The van der Waals surface area contributed by atoms with E-state index >= 15 is 0 Å². The van der Waals surface area contributed by atoms with Crippen LogP contribution >= 0.6 is 0 Å². The molecule has 0 heterocycles. The molecule has 0 radical (unpaired) electrons. The van der Waals surface area contributed by atoms with Gasteiger partial charge in [-0.3, -0.25) is 0 Å². The molecule has 0 aliphatic carbocycles. The molecule has 1 aromatic carbocycles. The molecule has 108 valence electrons. The quantitative estimate of drug-likeness (QED) is 0.491. The van der Waals surface area contributed by atoms with Crippen LogP contribution in [0.5, 0.6) is 0 Å². The third kappa shape index (κ3) is 5.45. The van der Waals surface area contributed by atoms with E-state index in [2.05, 4.69) is 5.32 Å². The van der Waals surface area contributed by atoms with Gasteiger partial charge in [-0.05, 0) is 24.6 Å². The van der Waals surface area contributed by atoms with E-state index in [1.165, 1.54) is 18.2 Å². The van der Waals surface area contributed by atoms with Gasteiger partial charge >= 0.3 is 0 Å². The fourth-order valence-corrected chi connectivity index (χ4v) is 2.89. The van der Waals surface area contributed by atoms with Crippen molar-refractivity contribution in [3.63, 3.8) is 0 Å². The average molecular weight is 307 g/mol. The molecule has 0 saturated heterocycles. The third-order valence-corrected chi connectivity index (χ3v) is 4.30. The van der Waals surface area contributed by atoms with Gasteiger partial charge in [-0.2, -0.15) is 0 Å². The standard InChI is InChI=1S/C10H17N3O4S2/c1-18(14,15)6-2-5-13-9-4-3-8(11)7-10(9)19(12,16)17/h3-4,7,13H,2,5-6,11H2,1H3,(H2,12,16,17). The Balaban J connectivity index is 2.79. The third-order valence-electron chi connectivity index (χ3n) is 2.32. The Morgan fingerprint density at radius 3 is 2.37 bits per heavy atom. The van der Waals surface area contributed by atoms with Gasteiger partial charge in [0.1, 0.15) is 14.7 Å². The zero-order valence-electron chi connectivity index (χ0n) is 10.5. The Kier molecular flexibility index (Phi) is 4.77. The second-order valence-electron chi connectivity index (χ2n) is 4.21. The van der Waals surface area contributed by atoms with Crippen molar-refractivity contribution in [2.75, 3.05) is 29.6 Å². The zero-order valence-corrected chi connectivity index (χ0v) is 12.1. The Hall–Kier alpha value is -1.32. The summed E-state index contributed by atoms with van der Waals surface area (Å²) in [5.74, 6) is 0.0275. The van der Waals surface area contributed by atoms with Gasteiger partial charge in [0.25, 0.3) is 0 Å². The van der Waals surface area contributed by atoms with E-state index in [1.807, 2.05) is 0 Å². The van der Waals surface area contributed by atoms with Crippen LogP contribution in [0.25, 0.3) is 0 Å². The summed E-state index contributed by atoms with van der Waals surface area (Å²) in [6.07, 6.45) is 1.51. The highest BCUT2D eigenvalue weighted by Gasteiger charge is 2.14. The lowest BCUT2D eigenvalue weighted by atomic mass is 10.3. The van der Waals surface area contributed by atoms with Gasteiger partial charge in [0, 0.05) is 18.5 Å². The van der Waals surface area contributed by atoms with Crippen molar-refractivity contribution in [3.05, 3.63) is 18.2 Å². The molecule has 0 aliphatic rings. The predicted octanol–water partition coefficient (Wildman–Crippen LogP) is -0.237. The highest BCUT2D eigenvalue weighted by atomic mass is 32.2. The van der Waals surface area contributed by atoms with Gasteiger partial charge in [-0.15, -0.1) is 0 Å². The average Bonchev–Trinajstić information content (AvgIpc) is 2.23. The molecule has 9 heteroatoms. The first kappa shape index (κ1) is 15.7. The molecule has 0 atom stereocenters.